The number of carboxylic acid groups (broad SMARTS) is 1. The van der Waals surface area contributed by atoms with Crippen LogP contribution in [0.25, 0.3) is 0 Å². The molecule has 1 N–H and O–H groups in total. The van der Waals surface area contributed by atoms with Crippen molar-refractivity contribution in [3.05, 3.63) is 0 Å². The number of ether oxygens (including phenoxy) is 2. The Labute approximate surface area is 119 Å². The lowest BCUT2D eigenvalue weighted by Crippen LogP contribution is -2.39. The zero-order chi connectivity index (χ0) is 14.7. The van der Waals surface area contributed by atoms with Crippen LogP contribution in [-0.4, -0.2) is 60.4 Å². The lowest BCUT2D eigenvalue weighted by atomic mass is 9.99. The lowest BCUT2D eigenvalue weighted by Gasteiger charge is -2.22. The van der Waals surface area contributed by atoms with E-state index in [0.717, 1.165) is 19.4 Å². The maximum Gasteiger partial charge on any atom is 0.308 e. The number of rotatable bonds is 5. The summed E-state index contributed by atoms with van der Waals surface area (Å²) in [6.07, 6.45) is 1.57. The van der Waals surface area contributed by atoms with E-state index < -0.39 is 18.0 Å². The first-order chi connectivity index (χ1) is 9.49. The Bertz CT molecular complexity index is 367. The summed E-state index contributed by atoms with van der Waals surface area (Å²) in [7, 11) is 0. The largest absolute Gasteiger partial charge is 0.481 e. The second kappa shape index (κ2) is 6.54. The van der Waals surface area contributed by atoms with Crippen molar-refractivity contribution in [2.45, 2.75) is 38.9 Å². The van der Waals surface area contributed by atoms with Crippen LogP contribution in [0, 0.1) is 11.8 Å². The molecule has 0 bridgehead atoms. The maximum atomic E-state index is 12.2. The highest BCUT2D eigenvalue weighted by Gasteiger charge is 2.38. The summed E-state index contributed by atoms with van der Waals surface area (Å²) in [6, 6.07) is 0. The Morgan fingerprint density at radius 3 is 2.75 bits per heavy atom. The Balaban J connectivity index is 1.79. The van der Waals surface area contributed by atoms with Crippen LogP contribution in [0.3, 0.4) is 0 Å². The topological polar surface area (TPSA) is 76.1 Å². The molecule has 0 radical (unpaired) electrons. The first-order valence-electron chi connectivity index (χ1n) is 7.24. The molecule has 2 aliphatic heterocycles. The van der Waals surface area contributed by atoms with Gasteiger partial charge in [0.2, 0.25) is 0 Å². The van der Waals surface area contributed by atoms with Crippen LogP contribution in [-0.2, 0) is 19.1 Å². The minimum atomic E-state index is -0.833. The number of carbonyl (C=O) groups excluding carboxylic acids is 1. The monoisotopic (exact) mass is 285 g/mol. The normalized spacial score (nSPS) is 31.5. The molecule has 2 aliphatic rings. The summed E-state index contributed by atoms with van der Waals surface area (Å²) in [4.78, 5) is 24.9. The molecule has 2 saturated heterocycles. The van der Waals surface area contributed by atoms with Crippen LogP contribution in [0.1, 0.15) is 26.7 Å². The van der Waals surface area contributed by atoms with Gasteiger partial charge in [0.25, 0.3) is 5.91 Å². The molecule has 0 aromatic rings. The molecule has 20 heavy (non-hydrogen) atoms. The van der Waals surface area contributed by atoms with Gasteiger partial charge in [-0.3, -0.25) is 9.59 Å². The molecule has 6 nitrogen and oxygen atoms in total. The van der Waals surface area contributed by atoms with Gasteiger partial charge in [0.05, 0.1) is 18.6 Å². The molecule has 0 spiro atoms. The van der Waals surface area contributed by atoms with E-state index in [1.165, 1.54) is 0 Å². The fraction of sp³-hybridized carbons (Fsp3) is 0.857. The van der Waals surface area contributed by atoms with Crippen molar-refractivity contribution in [1.29, 1.82) is 0 Å². The van der Waals surface area contributed by atoms with Crippen molar-refractivity contribution >= 4 is 11.9 Å². The minimum absolute atomic E-state index is 0.0122. The molecular weight excluding hydrogens is 262 g/mol. The predicted octanol–water partition coefficient (Wildman–Crippen LogP) is 0.750. The number of hydrogen-bond donors (Lipinski definition) is 1. The summed E-state index contributed by atoms with van der Waals surface area (Å²) in [6.45, 7) is 5.55. The fourth-order valence-corrected chi connectivity index (χ4v) is 2.82. The second-order valence-corrected chi connectivity index (χ2v) is 5.78. The number of hydrogen-bond acceptors (Lipinski definition) is 4. The number of carbonyl (C=O) groups is 2. The van der Waals surface area contributed by atoms with Crippen molar-refractivity contribution in [2.24, 2.45) is 11.8 Å². The van der Waals surface area contributed by atoms with Crippen LogP contribution in [0.4, 0.5) is 0 Å². The van der Waals surface area contributed by atoms with Crippen molar-refractivity contribution in [3.8, 4) is 0 Å². The molecule has 0 aromatic heterocycles. The molecule has 0 aromatic carbocycles. The Morgan fingerprint density at radius 2 is 2.20 bits per heavy atom. The van der Waals surface area contributed by atoms with E-state index in [9.17, 15) is 9.59 Å². The highest BCUT2D eigenvalue weighted by Crippen LogP contribution is 2.24. The van der Waals surface area contributed by atoms with Gasteiger partial charge in [-0.1, -0.05) is 6.92 Å². The molecule has 2 unspecified atom stereocenters. The Morgan fingerprint density at radius 1 is 1.45 bits per heavy atom. The van der Waals surface area contributed by atoms with Crippen LogP contribution in [0.2, 0.25) is 0 Å². The number of carboxylic acids is 1. The summed E-state index contributed by atoms with van der Waals surface area (Å²) >= 11 is 0. The van der Waals surface area contributed by atoms with Gasteiger partial charge in [-0.05, 0) is 25.7 Å². The number of amides is 1. The molecule has 6 heteroatoms. The smallest absolute Gasteiger partial charge is 0.308 e. The van der Waals surface area contributed by atoms with Gasteiger partial charge in [0, 0.05) is 19.7 Å². The molecule has 1 amide bonds. The van der Waals surface area contributed by atoms with E-state index in [4.69, 9.17) is 14.6 Å². The SMILES string of the molecule is CC(OCC1CCCO1)C(=O)N1C[C@@H](C)[C@H](C(=O)O)C1. The third kappa shape index (κ3) is 3.49. The third-order valence-corrected chi connectivity index (χ3v) is 4.15. The van der Waals surface area contributed by atoms with Gasteiger partial charge in [-0.2, -0.15) is 0 Å². The number of nitrogens with zero attached hydrogens (tertiary/aromatic N) is 1. The van der Waals surface area contributed by atoms with Gasteiger partial charge in [0.15, 0.2) is 0 Å². The van der Waals surface area contributed by atoms with Crippen molar-refractivity contribution in [2.75, 3.05) is 26.3 Å². The quantitative estimate of drug-likeness (QED) is 0.806. The Kier molecular flexibility index (Phi) is 4.99. The van der Waals surface area contributed by atoms with Gasteiger partial charge in [-0.25, -0.2) is 0 Å². The van der Waals surface area contributed by atoms with E-state index in [-0.39, 0.29) is 24.5 Å². The predicted molar refractivity (Wildman–Crippen MR) is 71.3 cm³/mol. The maximum absolute atomic E-state index is 12.2. The zero-order valence-corrected chi connectivity index (χ0v) is 12.1. The van der Waals surface area contributed by atoms with Gasteiger partial charge < -0.3 is 19.5 Å². The second-order valence-electron chi connectivity index (χ2n) is 5.78. The summed E-state index contributed by atoms with van der Waals surface area (Å²) in [5.41, 5.74) is 0. The third-order valence-electron chi connectivity index (χ3n) is 4.15. The first-order valence-corrected chi connectivity index (χ1v) is 7.24. The first kappa shape index (κ1) is 15.3. The molecule has 114 valence electrons. The number of likely N-dealkylation sites (tertiary alicyclic amines) is 1. The van der Waals surface area contributed by atoms with Crippen molar-refractivity contribution in [3.63, 3.8) is 0 Å². The molecular formula is C14H23NO5. The summed E-state index contributed by atoms with van der Waals surface area (Å²) in [5.74, 6) is -1.44. The van der Waals surface area contributed by atoms with Crippen LogP contribution in [0.5, 0.6) is 0 Å². The van der Waals surface area contributed by atoms with Crippen molar-refractivity contribution < 1.29 is 24.2 Å². The Hall–Kier alpha value is -1.14. The van der Waals surface area contributed by atoms with E-state index >= 15 is 0 Å². The average molecular weight is 285 g/mol. The highest BCUT2D eigenvalue weighted by molar-refractivity contribution is 5.82. The van der Waals surface area contributed by atoms with Gasteiger partial charge in [-0.15, -0.1) is 0 Å². The molecule has 2 rings (SSSR count). The highest BCUT2D eigenvalue weighted by atomic mass is 16.5. The fourth-order valence-electron chi connectivity index (χ4n) is 2.82. The minimum Gasteiger partial charge on any atom is -0.481 e. The van der Waals surface area contributed by atoms with Crippen molar-refractivity contribution in [1.82, 2.24) is 4.90 Å². The molecule has 0 saturated carbocycles. The van der Waals surface area contributed by atoms with Gasteiger partial charge >= 0.3 is 5.97 Å². The van der Waals surface area contributed by atoms with Crippen LogP contribution in [0.15, 0.2) is 0 Å². The number of aliphatic carboxylic acids is 1. The van der Waals surface area contributed by atoms with E-state index in [1.54, 1.807) is 11.8 Å². The van der Waals surface area contributed by atoms with Crippen LogP contribution < -0.4 is 0 Å². The standard InChI is InChI=1S/C14H23NO5/c1-9-6-15(7-12(9)14(17)18)13(16)10(2)20-8-11-4-3-5-19-11/h9-12H,3-8H2,1-2H3,(H,17,18)/t9-,10?,11?,12-/m1/s1. The summed E-state index contributed by atoms with van der Waals surface area (Å²) < 4.78 is 11.0. The summed E-state index contributed by atoms with van der Waals surface area (Å²) in [5, 5.41) is 9.08. The van der Waals surface area contributed by atoms with Gasteiger partial charge in [0.1, 0.15) is 6.10 Å². The lowest BCUT2D eigenvalue weighted by molar-refractivity contribution is -0.145. The van der Waals surface area contributed by atoms with Crippen LogP contribution >= 0.6 is 0 Å². The molecule has 0 aliphatic carbocycles. The van der Waals surface area contributed by atoms with E-state index in [1.807, 2.05) is 6.92 Å². The molecule has 2 heterocycles. The van der Waals surface area contributed by atoms with E-state index in [0.29, 0.717) is 13.2 Å². The average Bonchev–Trinajstić information content (AvgIpc) is 3.04. The molecule has 4 atom stereocenters. The molecule has 2 fully saturated rings. The van der Waals surface area contributed by atoms with E-state index in [2.05, 4.69) is 0 Å². The zero-order valence-electron chi connectivity index (χ0n) is 12.1.